The Kier molecular flexibility index (Phi) is 9.68. The summed E-state index contributed by atoms with van der Waals surface area (Å²) < 4.78 is 16.2. The van der Waals surface area contributed by atoms with Gasteiger partial charge in [0.15, 0.2) is 0 Å². The van der Waals surface area contributed by atoms with Crippen LogP contribution in [-0.2, 0) is 32.2 Å². The van der Waals surface area contributed by atoms with E-state index in [0.29, 0.717) is 12.8 Å². The predicted octanol–water partition coefficient (Wildman–Crippen LogP) is 5.49. The molecule has 8 heteroatoms. The monoisotopic (exact) mass is 493 g/mol. The van der Waals surface area contributed by atoms with Gasteiger partial charge in [-0.2, -0.15) is 0 Å². The summed E-state index contributed by atoms with van der Waals surface area (Å²) in [5.74, 6) is -0.979. The maximum Gasteiger partial charge on any atom is 0.508 e. The quantitative estimate of drug-likeness (QED) is 0.326. The van der Waals surface area contributed by atoms with Crippen molar-refractivity contribution in [1.82, 2.24) is 4.90 Å². The summed E-state index contributed by atoms with van der Waals surface area (Å²) in [6.07, 6.45) is 4.56. The maximum absolute atomic E-state index is 13.4. The van der Waals surface area contributed by atoms with Crippen LogP contribution in [-0.4, -0.2) is 46.4 Å². The first-order valence-corrected chi connectivity index (χ1v) is 11.8. The molecule has 8 nitrogen and oxygen atoms in total. The molecule has 1 heterocycles. The highest BCUT2D eigenvalue weighted by molar-refractivity contribution is 5.71. The average Bonchev–Trinajstić information content (AvgIpc) is 2.89. The Morgan fingerprint density at radius 3 is 2.17 bits per heavy atom. The first-order valence-electron chi connectivity index (χ1n) is 11.8. The number of amides is 1. The first kappa shape index (κ1) is 26.5. The molecule has 36 heavy (non-hydrogen) atoms. The molecule has 1 amide bonds. The largest absolute Gasteiger partial charge is 0.508 e. The normalized spacial score (nSPS) is 18.8. The number of ether oxygens (including phenoxy) is 3. The first-order chi connectivity index (χ1) is 17.4. The van der Waals surface area contributed by atoms with Crippen molar-refractivity contribution in [3.05, 3.63) is 96.6 Å². The van der Waals surface area contributed by atoms with Crippen molar-refractivity contribution in [3.63, 3.8) is 0 Å². The third-order valence-corrected chi connectivity index (χ3v) is 5.95. The van der Waals surface area contributed by atoms with E-state index in [1.165, 1.54) is 4.90 Å². The van der Waals surface area contributed by atoms with Crippen LogP contribution in [0.15, 0.2) is 85.5 Å². The van der Waals surface area contributed by atoms with Gasteiger partial charge in [0.25, 0.3) is 0 Å². The van der Waals surface area contributed by atoms with Crippen molar-refractivity contribution in [3.8, 4) is 0 Å². The number of carbonyl (C=O) groups is 3. The van der Waals surface area contributed by atoms with Gasteiger partial charge >= 0.3 is 18.2 Å². The zero-order chi connectivity index (χ0) is 25.8. The number of hydrogen-bond donors (Lipinski definition) is 1. The molecule has 0 radical (unpaired) electrons. The summed E-state index contributed by atoms with van der Waals surface area (Å²) in [5, 5.41) is 9.33. The van der Waals surface area contributed by atoms with E-state index in [0.717, 1.165) is 11.1 Å². The van der Waals surface area contributed by atoms with Crippen LogP contribution in [0.25, 0.3) is 0 Å². The van der Waals surface area contributed by atoms with Gasteiger partial charge in [-0.15, -0.1) is 6.58 Å². The molecular weight excluding hydrogens is 462 g/mol. The lowest BCUT2D eigenvalue weighted by Gasteiger charge is -2.47. The summed E-state index contributed by atoms with van der Waals surface area (Å²) in [7, 11) is 0. The van der Waals surface area contributed by atoms with Crippen molar-refractivity contribution in [1.29, 1.82) is 0 Å². The van der Waals surface area contributed by atoms with E-state index >= 15 is 0 Å². The van der Waals surface area contributed by atoms with E-state index in [4.69, 9.17) is 14.2 Å². The number of carboxylic acid groups (broad SMARTS) is 1. The van der Waals surface area contributed by atoms with E-state index in [2.05, 4.69) is 6.58 Å². The molecule has 0 saturated carbocycles. The minimum absolute atomic E-state index is 0.0513. The van der Waals surface area contributed by atoms with Crippen LogP contribution in [0.3, 0.4) is 0 Å². The highest BCUT2D eigenvalue weighted by Crippen LogP contribution is 2.36. The van der Waals surface area contributed by atoms with Crippen LogP contribution in [0.5, 0.6) is 0 Å². The van der Waals surface area contributed by atoms with Gasteiger partial charge in [0.05, 0.1) is 11.6 Å². The van der Waals surface area contributed by atoms with Gasteiger partial charge in [0.1, 0.15) is 19.8 Å². The third-order valence-electron chi connectivity index (χ3n) is 5.95. The van der Waals surface area contributed by atoms with Crippen molar-refractivity contribution in [2.75, 3.05) is 6.61 Å². The molecule has 0 bridgehead atoms. The van der Waals surface area contributed by atoms with Crippen LogP contribution in [0, 0.1) is 0 Å². The molecule has 3 rings (SSSR count). The van der Waals surface area contributed by atoms with E-state index in [1.807, 2.05) is 72.8 Å². The van der Waals surface area contributed by atoms with Crippen LogP contribution >= 0.6 is 0 Å². The Morgan fingerprint density at radius 1 is 0.972 bits per heavy atom. The van der Waals surface area contributed by atoms with Crippen LogP contribution < -0.4 is 0 Å². The molecule has 1 aliphatic heterocycles. The Bertz CT molecular complexity index is 1050. The van der Waals surface area contributed by atoms with Crippen molar-refractivity contribution in [2.24, 2.45) is 0 Å². The third kappa shape index (κ3) is 7.46. The summed E-state index contributed by atoms with van der Waals surface area (Å²) in [5.41, 5.74) is 0.657. The fourth-order valence-corrected chi connectivity index (χ4v) is 4.22. The molecule has 0 spiro atoms. The Balaban J connectivity index is 1.74. The predicted molar refractivity (Wildman–Crippen MR) is 133 cm³/mol. The van der Waals surface area contributed by atoms with Gasteiger partial charge in [0, 0.05) is 6.42 Å². The van der Waals surface area contributed by atoms with Crippen LogP contribution in [0.2, 0.25) is 0 Å². The average molecular weight is 494 g/mol. The second-order valence-corrected chi connectivity index (χ2v) is 8.53. The second kappa shape index (κ2) is 13.1. The number of rotatable bonds is 11. The van der Waals surface area contributed by atoms with Crippen LogP contribution in [0.4, 0.5) is 9.59 Å². The smallest absolute Gasteiger partial charge is 0.481 e. The standard InChI is InChI=1S/C28H31NO7/c1-2-16-28(18-15-25(30)31)17-9-14-24(21-36-27(33)35-20-23-12-7-4-8-13-23)29(28)26(32)34-19-22-10-5-3-6-11-22/h2-13,17,24H,1,14-16,18-21H2,(H,30,31)/t24-,28+/m1/s1. The molecule has 0 fully saturated rings. The number of hydrogen-bond acceptors (Lipinski definition) is 6. The van der Waals surface area contributed by atoms with Gasteiger partial charge in [-0.1, -0.05) is 78.9 Å². The van der Waals surface area contributed by atoms with Crippen molar-refractivity contribution < 1.29 is 33.7 Å². The molecule has 0 aliphatic carbocycles. The van der Waals surface area contributed by atoms with Gasteiger partial charge in [-0.05, 0) is 30.4 Å². The molecule has 2 aromatic rings. The molecule has 0 saturated heterocycles. The molecule has 1 aliphatic rings. The Labute approximate surface area is 210 Å². The maximum atomic E-state index is 13.4. The van der Waals surface area contributed by atoms with Gasteiger partial charge in [-0.25, -0.2) is 9.59 Å². The highest BCUT2D eigenvalue weighted by atomic mass is 16.7. The fourth-order valence-electron chi connectivity index (χ4n) is 4.22. The molecule has 1 N–H and O–H groups in total. The molecule has 2 atom stereocenters. The topological polar surface area (TPSA) is 102 Å². The van der Waals surface area contributed by atoms with E-state index < -0.39 is 29.8 Å². The number of aliphatic carboxylic acids is 1. The van der Waals surface area contributed by atoms with E-state index in [-0.39, 0.29) is 32.7 Å². The number of carbonyl (C=O) groups excluding carboxylic acids is 2. The van der Waals surface area contributed by atoms with Gasteiger partial charge in [0.2, 0.25) is 0 Å². The molecule has 0 aromatic heterocycles. The van der Waals surface area contributed by atoms with Crippen LogP contribution in [0.1, 0.15) is 36.8 Å². The van der Waals surface area contributed by atoms with Gasteiger partial charge in [-0.3, -0.25) is 9.69 Å². The Hall–Kier alpha value is -4.07. The molecular formula is C28H31NO7. The van der Waals surface area contributed by atoms with Crippen molar-refractivity contribution in [2.45, 2.75) is 50.5 Å². The van der Waals surface area contributed by atoms with Gasteiger partial charge < -0.3 is 19.3 Å². The number of benzene rings is 2. The molecule has 2 aromatic carbocycles. The molecule has 0 unspecified atom stereocenters. The fraction of sp³-hybridized carbons (Fsp3) is 0.321. The van der Waals surface area contributed by atoms with E-state index in [1.54, 1.807) is 6.08 Å². The Morgan fingerprint density at radius 2 is 1.58 bits per heavy atom. The lowest BCUT2D eigenvalue weighted by Crippen LogP contribution is -2.58. The minimum Gasteiger partial charge on any atom is -0.481 e. The van der Waals surface area contributed by atoms with E-state index in [9.17, 15) is 19.5 Å². The lowest BCUT2D eigenvalue weighted by molar-refractivity contribution is -0.137. The minimum atomic E-state index is -0.979. The zero-order valence-corrected chi connectivity index (χ0v) is 20.1. The number of nitrogens with zero attached hydrogens (tertiary/aromatic N) is 1. The summed E-state index contributed by atoms with van der Waals surface area (Å²) >= 11 is 0. The highest BCUT2D eigenvalue weighted by Gasteiger charge is 2.44. The zero-order valence-electron chi connectivity index (χ0n) is 20.1. The van der Waals surface area contributed by atoms with Crippen molar-refractivity contribution >= 4 is 18.2 Å². The number of carboxylic acids is 1. The summed E-state index contributed by atoms with van der Waals surface area (Å²) in [6.45, 7) is 3.78. The lowest BCUT2D eigenvalue weighted by atomic mass is 9.82. The molecule has 190 valence electrons. The summed E-state index contributed by atoms with van der Waals surface area (Å²) in [4.78, 5) is 38.5. The summed E-state index contributed by atoms with van der Waals surface area (Å²) in [6, 6.07) is 17.9. The SMILES string of the molecule is C=CC[C@@]1(CCC(=O)O)C=CC[C@H](COC(=O)OCc2ccccc2)N1C(=O)OCc1ccccc1. The second-order valence-electron chi connectivity index (χ2n) is 8.53.